The summed E-state index contributed by atoms with van der Waals surface area (Å²) < 4.78 is 0. The van der Waals surface area contributed by atoms with Crippen LogP contribution in [0.5, 0.6) is 0 Å². The van der Waals surface area contributed by atoms with E-state index >= 15 is 0 Å². The van der Waals surface area contributed by atoms with Crippen molar-refractivity contribution in [3.63, 3.8) is 0 Å². The minimum atomic E-state index is 0.251. The zero-order valence-electron chi connectivity index (χ0n) is 13.3. The molecule has 1 aromatic rings. The first-order valence-electron chi connectivity index (χ1n) is 7.55. The van der Waals surface area contributed by atoms with Gasteiger partial charge in [-0.1, -0.05) is 58.4 Å². The third kappa shape index (κ3) is 3.29. The quantitative estimate of drug-likeness (QED) is 0.880. The van der Waals surface area contributed by atoms with Crippen molar-refractivity contribution < 1.29 is 0 Å². The van der Waals surface area contributed by atoms with Crippen molar-refractivity contribution in [2.24, 2.45) is 11.3 Å². The molecule has 0 bridgehead atoms. The number of rotatable bonds is 2. The van der Waals surface area contributed by atoms with E-state index in [1.807, 2.05) is 12.1 Å². The first kappa shape index (κ1) is 15.7. The highest BCUT2D eigenvalue weighted by atomic mass is 35.5. The van der Waals surface area contributed by atoms with E-state index < -0.39 is 0 Å². The molecule has 2 rings (SSSR count). The van der Waals surface area contributed by atoms with Crippen LogP contribution in [0, 0.1) is 11.3 Å². The Labute approximate surface area is 128 Å². The molecule has 1 heterocycles. The Morgan fingerprint density at radius 1 is 1.25 bits per heavy atom. The van der Waals surface area contributed by atoms with Crippen molar-refractivity contribution >= 4 is 17.3 Å². The van der Waals surface area contributed by atoms with Gasteiger partial charge in [0.2, 0.25) is 0 Å². The van der Waals surface area contributed by atoms with E-state index in [1.54, 1.807) is 0 Å². The summed E-state index contributed by atoms with van der Waals surface area (Å²) in [5, 5.41) is 4.58. The van der Waals surface area contributed by atoms with E-state index in [-0.39, 0.29) is 5.41 Å². The summed E-state index contributed by atoms with van der Waals surface area (Å²) in [7, 11) is 0. The normalized spacial score (nSPS) is 24.2. The number of piperazine rings is 1. The van der Waals surface area contributed by atoms with Crippen molar-refractivity contribution in [2.75, 3.05) is 18.0 Å². The van der Waals surface area contributed by atoms with E-state index in [2.05, 4.69) is 57.0 Å². The fourth-order valence-corrected chi connectivity index (χ4v) is 3.15. The lowest BCUT2D eigenvalue weighted by molar-refractivity contribution is 0.221. The Bertz CT molecular complexity index is 451. The summed E-state index contributed by atoms with van der Waals surface area (Å²) in [6.07, 6.45) is 0. The summed E-state index contributed by atoms with van der Waals surface area (Å²) in [6.45, 7) is 13.5. The van der Waals surface area contributed by atoms with Crippen LogP contribution in [0.4, 0.5) is 5.69 Å². The predicted molar refractivity (Wildman–Crippen MR) is 88.7 cm³/mol. The largest absolute Gasteiger partial charge is 0.364 e. The standard InChI is InChI=1S/C17H27ClN2/c1-12(2)15-10-19-16(17(3,4)5)11-20(15)14-9-7-6-8-13(14)18/h6-9,12,15-16,19H,10-11H2,1-5H3. The van der Waals surface area contributed by atoms with Gasteiger partial charge in [-0.3, -0.25) is 0 Å². The van der Waals surface area contributed by atoms with Gasteiger partial charge in [0, 0.05) is 25.2 Å². The molecule has 1 fully saturated rings. The average Bonchev–Trinajstić information content (AvgIpc) is 2.37. The Morgan fingerprint density at radius 3 is 2.45 bits per heavy atom. The van der Waals surface area contributed by atoms with Crippen LogP contribution in [-0.2, 0) is 0 Å². The zero-order chi connectivity index (χ0) is 14.9. The Morgan fingerprint density at radius 2 is 1.90 bits per heavy atom. The van der Waals surface area contributed by atoms with E-state index in [0.717, 1.165) is 18.1 Å². The fraction of sp³-hybridized carbons (Fsp3) is 0.647. The highest BCUT2D eigenvalue weighted by Crippen LogP contribution is 2.33. The Balaban J connectivity index is 2.31. The zero-order valence-corrected chi connectivity index (χ0v) is 14.0. The van der Waals surface area contributed by atoms with Crippen LogP contribution in [0.15, 0.2) is 24.3 Å². The summed E-state index contributed by atoms with van der Waals surface area (Å²) in [5.41, 5.74) is 1.42. The van der Waals surface area contributed by atoms with Crippen molar-refractivity contribution in [2.45, 2.75) is 46.7 Å². The van der Waals surface area contributed by atoms with Gasteiger partial charge in [0.15, 0.2) is 0 Å². The highest BCUT2D eigenvalue weighted by molar-refractivity contribution is 6.33. The molecule has 0 radical (unpaired) electrons. The monoisotopic (exact) mass is 294 g/mol. The van der Waals surface area contributed by atoms with Gasteiger partial charge in [0.25, 0.3) is 0 Å². The SMILES string of the molecule is CC(C)C1CNC(C(C)(C)C)CN1c1ccccc1Cl. The van der Waals surface area contributed by atoms with Gasteiger partial charge in [-0.15, -0.1) is 0 Å². The van der Waals surface area contributed by atoms with Crippen LogP contribution in [0.1, 0.15) is 34.6 Å². The van der Waals surface area contributed by atoms with Crippen LogP contribution in [-0.4, -0.2) is 25.2 Å². The van der Waals surface area contributed by atoms with Gasteiger partial charge in [-0.05, 0) is 23.5 Å². The van der Waals surface area contributed by atoms with Gasteiger partial charge < -0.3 is 10.2 Å². The first-order chi connectivity index (χ1) is 9.30. The maximum atomic E-state index is 6.43. The molecule has 112 valence electrons. The van der Waals surface area contributed by atoms with E-state index in [9.17, 15) is 0 Å². The summed E-state index contributed by atoms with van der Waals surface area (Å²) in [5.74, 6) is 0.597. The molecule has 1 aliphatic heterocycles. The number of hydrogen-bond acceptors (Lipinski definition) is 2. The first-order valence-corrected chi connectivity index (χ1v) is 7.93. The molecule has 0 aliphatic carbocycles. The van der Waals surface area contributed by atoms with Crippen molar-refractivity contribution in [1.82, 2.24) is 5.32 Å². The highest BCUT2D eigenvalue weighted by Gasteiger charge is 2.35. The molecule has 0 saturated carbocycles. The molecule has 2 atom stereocenters. The summed E-state index contributed by atoms with van der Waals surface area (Å²) in [6, 6.07) is 9.18. The number of nitrogens with one attached hydrogen (secondary N) is 1. The topological polar surface area (TPSA) is 15.3 Å². The van der Waals surface area contributed by atoms with Crippen LogP contribution in [0.25, 0.3) is 0 Å². The molecule has 0 amide bonds. The second kappa shape index (κ2) is 5.95. The lowest BCUT2D eigenvalue weighted by Crippen LogP contribution is -2.62. The molecule has 1 aliphatic rings. The maximum absolute atomic E-state index is 6.43. The maximum Gasteiger partial charge on any atom is 0.0639 e. The average molecular weight is 295 g/mol. The molecular weight excluding hydrogens is 268 g/mol. The van der Waals surface area contributed by atoms with Gasteiger partial charge in [0.1, 0.15) is 0 Å². The molecule has 1 aromatic carbocycles. The smallest absolute Gasteiger partial charge is 0.0639 e. The van der Waals surface area contributed by atoms with Crippen LogP contribution < -0.4 is 10.2 Å². The summed E-state index contributed by atoms with van der Waals surface area (Å²) in [4.78, 5) is 2.50. The minimum absolute atomic E-state index is 0.251. The number of para-hydroxylation sites is 1. The molecule has 2 nitrogen and oxygen atoms in total. The van der Waals surface area contributed by atoms with Crippen molar-refractivity contribution in [3.05, 3.63) is 29.3 Å². The Kier molecular flexibility index (Phi) is 4.66. The van der Waals surface area contributed by atoms with Crippen LogP contribution in [0.3, 0.4) is 0 Å². The molecule has 0 spiro atoms. The number of benzene rings is 1. The van der Waals surface area contributed by atoms with Crippen molar-refractivity contribution in [1.29, 1.82) is 0 Å². The third-order valence-electron chi connectivity index (χ3n) is 4.33. The fourth-order valence-electron chi connectivity index (χ4n) is 2.91. The van der Waals surface area contributed by atoms with Gasteiger partial charge >= 0.3 is 0 Å². The Hall–Kier alpha value is -0.730. The molecule has 1 N–H and O–H groups in total. The van der Waals surface area contributed by atoms with Crippen LogP contribution >= 0.6 is 11.6 Å². The number of nitrogens with zero attached hydrogens (tertiary/aromatic N) is 1. The molecule has 0 aromatic heterocycles. The van der Waals surface area contributed by atoms with E-state index in [0.29, 0.717) is 18.0 Å². The minimum Gasteiger partial charge on any atom is -0.364 e. The number of anilines is 1. The number of hydrogen-bond donors (Lipinski definition) is 1. The third-order valence-corrected chi connectivity index (χ3v) is 4.65. The summed E-state index contributed by atoms with van der Waals surface area (Å²) >= 11 is 6.43. The molecule has 20 heavy (non-hydrogen) atoms. The van der Waals surface area contributed by atoms with E-state index in [4.69, 9.17) is 11.6 Å². The lowest BCUT2D eigenvalue weighted by atomic mass is 9.83. The molecule has 3 heteroatoms. The second-order valence-electron chi connectivity index (χ2n) is 7.24. The van der Waals surface area contributed by atoms with Crippen LogP contribution in [0.2, 0.25) is 5.02 Å². The van der Waals surface area contributed by atoms with Crippen molar-refractivity contribution in [3.8, 4) is 0 Å². The lowest BCUT2D eigenvalue weighted by Gasteiger charge is -2.47. The molecule has 1 saturated heterocycles. The van der Waals surface area contributed by atoms with E-state index in [1.165, 1.54) is 5.69 Å². The van der Waals surface area contributed by atoms with Gasteiger partial charge in [-0.25, -0.2) is 0 Å². The molecular formula is C17H27ClN2. The second-order valence-corrected chi connectivity index (χ2v) is 7.65. The number of halogens is 1. The molecule has 2 unspecified atom stereocenters. The predicted octanol–water partition coefficient (Wildman–Crippen LogP) is 4.19. The van der Waals surface area contributed by atoms with Gasteiger partial charge in [0.05, 0.1) is 10.7 Å². The van der Waals surface area contributed by atoms with Gasteiger partial charge in [-0.2, -0.15) is 0 Å².